The molecule has 1 aromatic carbocycles. The molecule has 1 aromatic rings. The molecule has 0 atom stereocenters. The van der Waals surface area contributed by atoms with E-state index < -0.39 is 5.97 Å². The normalized spacial score (nSPS) is 9.95. The zero-order valence-electron chi connectivity index (χ0n) is 11.9. The van der Waals surface area contributed by atoms with Gasteiger partial charge in [-0.15, -0.1) is 5.75 Å². The first-order valence-corrected chi connectivity index (χ1v) is 6.68. The van der Waals surface area contributed by atoms with E-state index in [1.807, 2.05) is 0 Å². The van der Waals surface area contributed by atoms with Crippen molar-refractivity contribution in [2.45, 2.75) is 51.9 Å². The Morgan fingerprint density at radius 2 is 1.79 bits per heavy atom. The van der Waals surface area contributed by atoms with Gasteiger partial charge in [-0.25, -0.2) is 4.79 Å². The van der Waals surface area contributed by atoms with Crippen LogP contribution in [0, 0.1) is 0 Å². The SMILES string of the molecule is CCCCCCCCc1cc([O-])ccc1C(=O)O.[Na+]. The molecular formula is C15H21NaO3. The molecule has 0 saturated heterocycles. The van der Waals surface area contributed by atoms with E-state index in [4.69, 9.17) is 5.11 Å². The molecule has 19 heavy (non-hydrogen) atoms. The van der Waals surface area contributed by atoms with Crippen molar-refractivity contribution in [1.29, 1.82) is 0 Å². The van der Waals surface area contributed by atoms with Gasteiger partial charge in [0.2, 0.25) is 0 Å². The predicted molar refractivity (Wildman–Crippen MR) is 69.9 cm³/mol. The number of rotatable bonds is 8. The molecule has 0 fully saturated rings. The first kappa shape index (κ1) is 18.5. The molecule has 0 spiro atoms. The maximum absolute atomic E-state index is 11.2. The number of unbranched alkanes of at least 4 members (excludes halogenated alkanes) is 5. The van der Waals surface area contributed by atoms with Crippen LogP contribution in [0.15, 0.2) is 18.2 Å². The van der Waals surface area contributed by atoms with E-state index in [9.17, 15) is 9.90 Å². The van der Waals surface area contributed by atoms with Crippen molar-refractivity contribution in [1.82, 2.24) is 0 Å². The van der Waals surface area contributed by atoms with Crippen molar-refractivity contribution >= 4 is 5.97 Å². The summed E-state index contributed by atoms with van der Waals surface area (Å²) in [5.41, 5.74) is 0.939. The minimum absolute atomic E-state index is 0. The van der Waals surface area contributed by atoms with E-state index in [1.165, 1.54) is 43.9 Å². The Morgan fingerprint density at radius 1 is 1.16 bits per heavy atom. The van der Waals surface area contributed by atoms with E-state index in [0.29, 0.717) is 12.0 Å². The van der Waals surface area contributed by atoms with Gasteiger partial charge in [0.15, 0.2) is 0 Å². The van der Waals surface area contributed by atoms with Crippen LogP contribution in [-0.2, 0) is 6.42 Å². The Morgan fingerprint density at radius 3 is 2.42 bits per heavy atom. The molecule has 0 heterocycles. The van der Waals surface area contributed by atoms with Gasteiger partial charge in [-0.1, -0.05) is 51.2 Å². The van der Waals surface area contributed by atoms with Gasteiger partial charge in [-0.3, -0.25) is 0 Å². The van der Waals surface area contributed by atoms with E-state index in [2.05, 4.69) is 6.92 Å². The fraction of sp³-hybridized carbons (Fsp3) is 0.533. The van der Waals surface area contributed by atoms with Crippen LogP contribution in [-0.4, -0.2) is 11.1 Å². The summed E-state index contributed by atoms with van der Waals surface area (Å²) < 4.78 is 0. The second-order valence-corrected chi connectivity index (χ2v) is 4.64. The van der Waals surface area contributed by atoms with Crippen molar-refractivity contribution in [2.24, 2.45) is 0 Å². The van der Waals surface area contributed by atoms with Crippen LogP contribution in [0.1, 0.15) is 61.4 Å². The molecular weight excluding hydrogens is 251 g/mol. The zero-order chi connectivity index (χ0) is 13.4. The van der Waals surface area contributed by atoms with Crippen molar-refractivity contribution < 1.29 is 44.6 Å². The number of aromatic carboxylic acids is 1. The second kappa shape index (κ2) is 10.3. The molecule has 0 aliphatic rings. The molecule has 100 valence electrons. The van der Waals surface area contributed by atoms with Crippen LogP contribution in [0.4, 0.5) is 0 Å². The van der Waals surface area contributed by atoms with Crippen molar-refractivity contribution in [3.05, 3.63) is 29.3 Å². The van der Waals surface area contributed by atoms with Gasteiger partial charge >= 0.3 is 35.5 Å². The van der Waals surface area contributed by atoms with Crippen molar-refractivity contribution in [3.8, 4) is 5.75 Å². The first-order valence-electron chi connectivity index (χ1n) is 6.68. The van der Waals surface area contributed by atoms with Crippen LogP contribution in [0.2, 0.25) is 0 Å². The predicted octanol–water partition coefficient (Wildman–Crippen LogP) is 0.365. The molecule has 0 amide bonds. The molecule has 0 bridgehead atoms. The summed E-state index contributed by atoms with van der Waals surface area (Å²) in [6.45, 7) is 2.18. The molecule has 0 aliphatic heterocycles. The summed E-state index contributed by atoms with van der Waals surface area (Å²) in [4.78, 5) is 11.0. The Kier molecular flexibility index (Phi) is 10.0. The van der Waals surface area contributed by atoms with E-state index >= 15 is 0 Å². The van der Waals surface area contributed by atoms with E-state index in [-0.39, 0.29) is 40.9 Å². The van der Waals surface area contributed by atoms with E-state index in [0.717, 1.165) is 12.8 Å². The maximum Gasteiger partial charge on any atom is 1.00 e. The average Bonchev–Trinajstić information content (AvgIpc) is 2.33. The first-order chi connectivity index (χ1) is 8.65. The Labute approximate surface area is 137 Å². The number of carboxylic acids is 1. The van der Waals surface area contributed by atoms with E-state index in [1.54, 1.807) is 0 Å². The molecule has 0 radical (unpaired) electrons. The Bertz CT molecular complexity index is 391. The quantitative estimate of drug-likeness (QED) is 0.549. The molecule has 3 nitrogen and oxygen atoms in total. The minimum atomic E-state index is -0.948. The summed E-state index contributed by atoms with van der Waals surface area (Å²) in [6, 6.07) is 4.18. The fourth-order valence-corrected chi connectivity index (χ4v) is 2.08. The molecule has 4 heteroatoms. The van der Waals surface area contributed by atoms with Gasteiger partial charge in [-0.2, -0.15) is 0 Å². The maximum atomic E-state index is 11.2. The van der Waals surface area contributed by atoms with Gasteiger partial charge in [-0.05, 0) is 24.5 Å². The third-order valence-electron chi connectivity index (χ3n) is 3.11. The summed E-state index contributed by atoms with van der Waals surface area (Å²) in [5, 5.41) is 20.3. The number of benzene rings is 1. The van der Waals surface area contributed by atoms with Gasteiger partial charge in [0.1, 0.15) is 0 Å². The summed E-state index contributed by atoms with van der Waals surface area (Å²) >= 11 is 0. The number of hydrogen-bond acceptors (Lipinski definition) is 2. The molecule has 0 aromatic heterocycles. The van der Waals surface area contributed by atoms with Crippen LogP contribution >= 0.6 is 0 Å². The number of aryl methyl sites for hydroxylation is 1. The number of carbonyl (C=O) groups is 1. The monoisotopic (exact) mass is 272 g/mol. The van der Waals surface area contributed by atoms with Gasteiger partial charge in [0, 0.05) is 0 Å². The van der Waals surface area contributed by atoms with Crippen molar-refractivity contribution in [2.75, 3.05) is 0 Å². The zero-order valence-corrected chi connectivity index (χ0v) is 13.9. The summed E-state index contributed by atoms with van der Waals surface area (Å²) in [5.74, 6) is -1.06. The number of carboxylic acid groups (broad SMARTS) is 1. The third-order valence-corrected chi connectivity index (χ3v) is 3.11. The standard InChI is InChI=1S/C15H22O3.Na/c1-2-3-4-5-6-7-8-12-11-13(16)9-10-14(12)15(17)18;/h9-11,16H,2-8H2,1H3,(H,17,18);/q;+1/p-1. The third kappa shape index (κ3) is 7.00. The Balaban J connectivity index is 0.00000324. The molecule has 0 unspecified atom stereocenters. The topological polar surface area (TPSA) is 60.4 Å². The smallest absolute Gasteiger partial charge is 0.872 e. The van der Waals surface area contributed by atoms with Crippen LogP contribution in [0.3, 0.4) is 0 Å². The number of hydrogen-bond donors (Lipinski definition) is 1. The second-order valence-electron chi connectivity index (χ2n) is 4.64. The molecule has 1 N–H and O–H groups in total. The van der Waals surface area contributed by atoms with Crippen LogP contribution in [0.25, 0.3) is 0 Å². The van der Waals surface area contributed by atoms with Crippen molar-refractivity contribution in [3.63, 3.8) is 0 Å². The minimum Gasteiger partial charge on any atom is -0.872 e. The van der Waals surface area contributed by atoms with Crippen LogP contribution in [0.5, 0.6) is 5.75 Å². The van der Waals surface area contributed by atoms with Gasteiger partial charge in [0.25, 0.3) is 0 Å². The molecule has 1 rings (SSSR count). The molecule has 0 saturated carbocycles. The fourth-order valence-electron chi connectivity index (χ4n) is 2.08. The summed E-state index contributed by atoms with van der Waals surface area (Å²) in [6.07, 6.45) is 7.65. The van der Waals surface area contributed by atoms with Crippen LogP contribution < -0.4 is 34.7 Å². The largest absolute Gasteiger partial charge is 1.00 e. The van der Waals surface area contributed by atoms with Gasteiger partial charge < -0.3 is 10.2 Å². The van der Waals surface area contributed by atoms with Gasteiger partial charge in [0.05, 0.1) is 5.56 Å². The molecule has 0 aliphatic carbocycles. The Hall–Kier alpha value is -0.510. The average molecular weight is 272 g/mol. The summed E-state index contributed by atoms with van der Waals surface area (Å²) in [7, 11) is 0.